The van der Waals surface area contributed by atoms with Crippen LogP contribution in [0, 0.1) is 0 Å². The van der Waals surface area contributed by atoms with Crippen molar-refractivity contribution in [3.8, 4) is 0 Å². The zero-order chi connectivity index (χ0) is 53.6. The van der Waals surface area contributed by atoms with E-state index in [1.165, 1.54) is 212 Å². The highest BCUT2D eigenvalue weighted by molar-refractivity contribution is 7.47. The van der Waals surface area contributed by atoms with E-state index in [9.17, 15) is 19.0 Å². The first kappa shape index (κ1) is 71.2. The predicted octanol–water partition coefficient (Wildman–Crippen LogP) is 19.1. The van der Waals surface area contributed by atoms with Crippen LogP contribution in [0.5, 0.6) is 0 Å². The number of hydrogen-bond donors (Lipinski definition) is 2. The number of esters is 1. The van der Waals surface area contributed by atoms with Crippen LogP contribution in [-0.4, -0.2) is 74.3 Å². The lowest BCUT2D eigenvalue weighted by molar-refractivity contribution is -0.870. The van der Waals surface area contributed by atoms with Gasteiger partial charge in [-0.15, -0.1) is 0 Å². The number of unbranched alkanes of at least 4 members (excludes halogenated alkanes) is 37. The molecule has 0 aliphatic heterocycles. The van der Waals surface area contributed by atoms with Gasteiger partial charge in [0.2, 0.25) is 5.91 Å². The molecule has 0 aromatic carbocycles. The molecule has 0 fully saturated rings. The van der Waals surface area contributed by atoms with Gasteiger partial charge in [-0.1, -0.05) is 276 Å². The van der Waals surface area contributed by atoms with E-state index >= 15 is 0 Å². The fourth-order valence-electron chi connectivity index (χ4n) is 9.23. The average molecular weight is 1050 g/mol. The lowest BCUT2D eigenvalue weighted by Gasteiger charge is -2.27. The van der Waals surface area contributed by atoms with Crippen molar-refractivity contribution < 1.29 is 37.3 Å². The van der Waals surface area contributed by atoms with Gasteiger partial charge in [-0.05, 0) is 51.0 Å². The van der Waals surface area contributed by atoms with Gasteiger partial charge < -0.3 is 19.4 Å². The standard InChI is InChI=1S/C63H121N2O7P/c1-7-10-13-16-19-22-25-27-28-29-30-31-32-33-34-35-36-38-40-43-46-49-52-55-62(66)64-60(59-71-73(68,69)70-58-57-65(4,5)6)61(54-51-48-45-42-39-24-21-18-15-12-9-3)72-63(67)56-53-50-47-44-41-37-26-23-20-17-14-11-8-2/h37,41,47,50-51,54,60-61H,7-36,38-40,42-46,48-49,52-53,55-59H2,1-6H3,(H-,64,66,68,69)/p+1/b41-37-,50-47+,54-51-. The third-order valence-corrected chi connectivity index (χ3v) is 15.1. The molecule has 3 unspecified atom stereocenters. The van der Waals surface area contributed by atoms with Crippen LogP contribution in [0.1, 0.15) is 303 Å². The fraction of sp³-hybridized carbons (Fsp3) is 0.873. The summed E-state index contributed by atoms with van der Waals surface area (Å²) >= 11 is 0. The lowest BCUT2D eigenvalue weighted by Crippen LogP contribution is -2.47. The highest BCUT2D eigenvalue weighted by Gasteiger charge is 2.30. The Morgan fingerprint density at radius 1 is 0.479 bits per heavy atom. The number of carbonyl (C=O) groups excluding carboxylic acids is 2. The Hall–Kier alpha value is -1.77. The average Bonchev–Trinajstić information content (AvgIpc) is 3.35. The van der Waals surface area contributed by atoms with Crippen molar-refractivity contribution in [1.82, 2.24) is 5.32 Å². The molecule has 1 amide bonds. The van der Waals surface area contributed by atoms with E-state index in [-0.39, 0.29) is 31.5 Å². The Bertz CT molecular complexity index is 1350. The Labute approximate surface area is 453 Å². The van der Waals surface area contributed by atoms with E-state index < -0.39 is 20.0 Å². The molecule has 0 aromatic rings. The Morgan fingerprint density at radius 2 is 0.849 bits per heavy atom. The van der Waals surface area contributed by atoms with E-state index in [1.807, 2.05) is 39.4 Å². The summed E-state index contributed by atoms with van der Waals surface area (Å²) in [7, 11) is 1.48. The highest BCUT2D eigenvalue weighted by Crippen LogP contribution is 2.43. The second kappa shape index (κ2) is 53.6. The quantitative estimate of drug-likeness (QED) is 0.0205. The molecule has 0 bridgehead atoms. The minimum absolute atomic E-state index is 0.0351. The maximum atomic E-state index is 13.5. The maximum Gasteiger partial charge on any atom is 0.472 e. The predicted molar refractivity (Wildman–Crippen MR) is 314 cm³/mol. The summed E-state index contributed by atoms with van der Waals surface area (Å²) < 4.78 is 30.6. The normalized spacial score (nSPS) is 13.9. The monoisotopic (exact) mass is 1050 g/mol. The molecular formula is C63H122N2O7P+. The molecule has 9 nitrogen and oxygen atoms in total. The molecule has 3 atom stereocenters. The molecule has 430 valence electrons. The third-order valence-electron chi connectivity index (χ3n) is 14.1. The van der Waals surface area contributed by atoms with Crippen molar-refractivity contribution in [2.75, 3.05) is 40.9 Å². The van der Waals surface area contributed by atoms with Crippen LogP contribution < -0.4 is 5.32 Å². The van der Waals surface area contributed by atoms with Gasteiger partial charge in [0.05, 0.1) is 33.8 Å². The van der Waals surface area contributed by atoms with Gasteiger partial charge in [0.25, 0.3) is 0 Å². The first-order valence-corrected chi connectivity index (χ1v) is 32.8. The first-order chi connectivity index (χ1) is 35.4. The summed E-state index contributed by atoms with van der Waals surface area (Å²) in [6, 6.07) is -0.866. The van der Waals surface area contributed by atoms with Crippen molar-refractivity contribution in [2.24, 2.45) is 0 Å². The zero-order valence-electron chi connectivity index (χ0n) is 49.1. The molecular weight excluding hydrogens is 928 g/mol. The number of nitrogens with zero attached hydrogens (tertiary/aromatic N) is 1. The number of amides is 1. The van der Waals surface area contributed by atoms with E-state index in [0.717, 1.165) is 51.4 Å². The number of phosphoric acid groups is 1. The van der Waals surface area contributed by atoms with E-state index in [2.05, 4.69) is 44.3 Å². The van der Waals surface area contributed by atoms with Crippen LogP contribution in [0.15, 0.2) is 36.5 Å². The number of quaternary nitrogens is 1. The SMILES string of the molecule is CCCCCCCC/C=C\C/C=C/CCC(=O)OC(/C=C\CCCCCCCCCCC)C(COP(=O)(O)OCC[N+](C)(C)C)NC(=O)CCCCCCCCCCCCCCCCCCCCCCCCC. The summed E-state index contributed by atoms with van der Waals surface area (Å²) in [4.78, 5) is 37.6. The lowest BCUT2D eigenvalue weighted by atomic mass is 10.0. The van der Waals surface area contributed by atoms with Crippen LogP contribution in [0.4, 0.5) is 0 Å². The molecule has 0 radical (unpaired) electrons. The smallest absolute Gasteiger partial charge is 0.456 e. The van der Waals surface area contributed by atoms with Crippen molar-refractivity contribution in [2.45, 2.75) is 315 Å². The van der Waals surface area contributed by atoms with Gasteiger partial charge >= 0.3 is 13.8 Å². The van der Waals surface area contributed by atoms with Crippen molar-refractivity contribution in [1.29, 1.82) is 0 Å². The maximum absolute atomic E-state index is 13.5. The van der Waals surface area contributed by atoms with Crippen molar-refractivity contribution in [3.63, 3.8) is 0 Å². The molecule has 73 heavy (non-hydrogen) atoms. The second-order valence-electron chi connectivity index (χ2n) is 22.6. The Balaban J connectivity index is 5.12. The summed E-state index contributed by atoms with van der Waals surface area (Å²) in [6.45, 7) is 6.99. The topological polar surface area (TPSA) is 111 Å². The van der Waals surface area contributed by atoms with Gasteiger partial charge in [-0.3, -0.25) is 18.6 Å². The molecule has 0 rings (SSSR count). The molecule has 2 N–H and O–H groups in total. The largest absolute Gasteiger partial charge is 0.472 e. The number of carbonyl (C=O) groups is 2. The molecule has 0 saturated carbocycles. The molecule has 0 aromatic heterocycles. The molecule has 0 heterocycles. The molecule has 0 saturated heterocycles. The van der Waals surface area contributed by atoms with Crippen LogP contribution in [0.2, 0.25) is 0 Å². The van der Waals surface area contributed by atoms with E-state index in [0.29, 0.717) is 23.9 Å². The van der Waals surface area contributed by atoms with Crippen LogP contribution in [0.3, 0.4) is 0 Å². The first-order valence-electron chi connectivity index (χ1n) is 31.3. The van der Waals surface area contributed by atoms with Gasteiger partial charge in [0.1, 0.15) is 19.3 Å². The molecule has 0 aliphatic rings. The number of rotatable bonds is 57. The van der Waals surface area contributed by atoms with Crippen LogP contribution >= 0.6 is 7.82 Å². The Morgan fingerprint density at radius 3 is 1.26 bits per heavy atom. The van der Waals surface area contributed by atoms with Gasteiger partial charge in [0, 0.05) is 12.8 Å². The fourth-order valence-corrected chi connectivity index (χ4v) is 9.97. The van der Waals surface area contributed by atoms with Crippen molar-refractivity contribution >= 4 is 19.7 Å². The van der Waals surface area contributed by atoms with Crippen LogP contribution in [-0.2, 0) is 27.9 Å². The molecule has 10 heteroatoms. The van der Waals surface area contributed by atoms with E-state index in [4.69, 9.17) is 13.8 Å². The Kier molecular flexibility index (Phi) is 52.3. The number of nitrogens with one attached hydrogen (secondary N) is 1. The van der Waals surface area contributed by atoms with E-state index in [1.54, 1.807) is 0 Å². The number of phosphoric ester groups is 1. The number of ether oxygens (including phenoxy) is 1. The van der Waals surface area contributed by atoms with Gasteiger partial charge in [-0.2, -0.15) is 0 Å². The van der Waals surface area contributed by atoms with Crippen molar-refractivity contribution in [3.05, 3.63) is 36.5 Å². The van der Waals surface area contributed by atoms with Crippen LogP contribution in [0.25, 0.3) is 0 Å². The second-order valence-corrected chi connectivity index (χ2v) is 24.0. The number of likely N-dealkylation sites (N-methyl/N-ethyl adjacent to an activating group) is 1. The van der Waals surface area contributed by atoms with Gasteiger partial charge in [0.15, 0.2) is 0 Å². The number of allylic oxidation sites excluding steroid dienone is 5. The third kappa shape index (κ3) is 54.8. The summed E-state index contributed by atoms with van der Waals surface area (Å²) in [5.74, 6) is -0.571. The summed E-state index contributed by atoms with van der Waals surface area (Å²) in [5, 5.41) is 3.04. The zero-order valence-corrected chi connectivity index (χ0v) is 50.0. The molecule has 0 aliphatic carbocycles. The van der Waals surface area contributed by atoms with Gasteiger partial charge in [-0.25, -0.2) is 4.57 Å². The highest BCUT2D eigenvalue weighted by atomic mass is 31.2. The number of hydrogen-bond acceptors (Lipinski definition) is 6. The minimum atomic E-state index is -4.45. The summed E-state index contributed by atoms with van der Waals surface area (Å²) in [6.07, 6.45) is 64.6. The minimum Gasteiger partial charge on any atom is -0.456 e. The summed E-state index contributed by atoms with van der Waals surface area (Å²) in [5.41, 5.74) is 0. The molecule has 0 spiro atoms.